The van der Waals surface area contributed by atoms with E-state index in [1.54, 1.807) is 18.2 Å². The van der Waals surface area contributed by atoms with Gasteiger partial charge in [0.05, 0.1) is 11.6 Å². The van der Waals surface area contributed by atoms with Crippen molar-refractivity contribution in [2.75, 3.05) is 0 Å². The molecule has 2 aromatic carbocycles. The van der Waals surface area contributed by atoms with Crippen LogP contribution in [0.2, 0.25) is 0 Å². The van der Waals surface area contributed by atoms with E-state index in [4.69, 9.17) is 5.26 Å². The third-order valence-electron chi connectivity index (χ3n) is 3.18. The van der Waals surface area contributed by atoms with Crippen LogP contribution in [0, 0.1) is 25.2 Å². The van der Waals surface area contributed by atoms with E-state index in [9.17, 15) is 5.11 Å². The standard InChI is InChI=1S/C16H15NO/c1-11-6-7-15(8-12(11)2)16(18)14-5-3-4-13(9-14)10-17/h3-9,16,18H,1-2H3. The van der Waals surface area contributed by atoms with Gasteiger partial charge < -0.3 is 5.11 Å². The Kier molecular flexibility index (Phi) is 3.45. The van der Waals surface area contributed by atoms with Crippen molar-refractivity contribution in [1.82, 2.24) is 0 Å². The highest BCUT2D eigenvalue weighted by atomic mass is 16.3. The zero-order valence-electron chi connectivity index (χ0n) is 10.5. The Hall–Kier alpha value is -2.11. The fourth-order valence-electron chi connectivity index (χ4n) is 1.91. The molecule has 1 unspecified atom stereocenters. The maximum absolute atomic E-state index is 10.3. The number of rotatable bonds is 2. The van der Waals surface area contributed by atoms with Gasteiger partial charge in [0.1, 0.15) is 6.10 Å². The van der Waals surface area contributed by atoms with Gasteiger partial charge in [0.25, 0.3) is 0 Å². The highest BCUT2D eigenvalue weighted by Gasteiger charge is 2.11. The van der Waals surface area contributed by atoms with Crippen LogP contribution in [0.15, 0.2) is 42.5 Å². The average molecular weight is 237 g/mol. The molecule has 0 amide bonds. The summed E-state index contributed by atoms with van der Waals surface area (Å²) in [5, 5.41) is 19.2. The van der Waals surface area contributed by atoms with Crippen molar-refractivity contribution in [3.8, 4) is 6.07 Å². The third kappa shape index (κ3) is 2.42. The molecular formula is C16H15NO. The molecule has 0 aliphatic rings. The van der Waals surface area contributed by atoms with Crippen molar-refractivity contribution in [2.24, 2.45) is 0 Å². The normalized spacial score (nSPS) is 11.9. The second-order valence-electron chi connectivity index (χ2n) is 4.48. The van der Waals surface area contributed by atoms with Crippen molar-refractivity contribution in [1.29, 1.82) is 5.26 Å². The van der Waals surface area contributed by atoms with Crippen LogP contribution in [0.25, 0.3) is 0 Å². The van der Waals surface area contributed by atoms with Gasteiger partial charge in [-0.15, -0.1) is 0 Å². The van der Waals surface area contributed by atoms with Gasteiger partial charge in [0, 0.05) is 0 Å². The molecule has 0 bridgehead atoms. The fraction of sp³-hybridized carbons (Fsp3) is 0.188. The number of hydrogen-bond acceptors (Lipinski definition) is 2. The van der Waals surface area contributed by atoms with Gasteiger partial charge in [-0.2, -0.15) is 5.26 Å². The quantitative estimate of drug-likeness (QED) is 0.871. The zero-order valence-corrected chi connectivity index (χ0v) is 10.5. The van der Waals surface area contributed by atoms with Crippen LogP contribution < -0.4 is 0 Å². The van der Waals surface area contributed by atoms with Crippen molar-refractivity contribution in [2.45, 2.75) is 20.0 Å². The molecule has 0 saturated heterocycles. The predicted molar refractivity (Wildman–Crippen MR) is 71.1 cm³/mol. The summed E-state index contributed by atoms with van der Waals surface area (Å²) in [7, 11) is 0. The second kappa shape index (κ2) is 5.03. The number of benzene rings is 2. The smallest absolute Gasteiger partial charge is 0.104 e. The van der Waals surface area contributed by atoms with Crippen LogP contribution in [-0.4, -0.2) is 5.11 Å². The molecule has 0 radical (unpaired) electrons. The number of aliphatic hydroxyl groups excluding tert-OH is 1. The van der Waals surface area contributed by atoms with E-state index in [2.05, 4.69) is 6.07 Å². The average Bonchev–Trinajstić information content (AvgIpc) is 2.41. The number of nitrogens with zero attached hydrogens (tertiary/aromatic N) is 1. The minimum atomic E-state index is -0.683. The van der Waals surface area contributed by atoms with Gasteiger partial charge in [-0.25, -0.2) is 0 Å². The summed E-state index contributed by atoms with van der Waals surface area (Å²) in [5.74, 6) is 0. The lowest BCUT2D eigenvalue weighted by atomic mass is 9.97. The van der Waals surface area contributed by atoms with Crippen molar-refractivity contribution in [3.63, 3.8) is 0 Å². The molecule has 0 aromatic heterocycles. The molecule has 18 heavy (non-hydrogen) atoms. The molecule has 0 aliphatic heterocycles. The lowest BCUT2D eigenvalue weighted by molar-refractivity contribution is 0.220. The van der Waals surface area contributed by atoms with Crippen LogP contribution in [0.1, 0.15) is 33.9 Å². The number of hydrogen-bond donors (Lipinski definition) is 1. The Bertz CT molecular complexity index is 611. The van der Waals surface area contributed by atoms with Crippen LogP contribution in [0.5, 0.6) is 0 Å². The van der Waals surface area contributed by atoms with Gasteiger partial charge >= 0.3 is 0 Å². The molecule has 90 valence electrons. The fourth-order valence-corrected chi connectivity index (χ4v) is 1.91. The lowest BCUT2D eigenvalue weighted by Gasteiger charge is -2.13. The molecule has 0 spiro atoms. The van der Waals surface area contributed by atoms with Crippen LogP contribution in [-0.2, 0) is 0 Å². The summed E-state index contributed by atoms with van der Waals surface area (Å²) < 4.78 is 0. The number of nitriles is 1. The molecule has 0 saturated carbocycles. The topological polar surface area (TPSA) is 44.0 Å². The van der Waals surface area contributed by atoms with Gasteiger partial charge in [0.15, 0.2) is 0 Å². The van der Waals surface area contributed by atoms with Crippen molar-refractivity contribution < 1.29 is 5.11 Å². The summed E-state index contributed by atoms with van der Waals surface area (Å²) in [6.45, 7) is 4.07. The van der Waals surface area contributed by atoms with Crippen LogP contribution in [0.4, 0.5) is 0 Å². The number of aryl methyl sites for hydroxylation is 2. The van der Waals surface area contributed by atoms with Crippen LogP contribution >= 0.6 is 0 Å². The Morgan fingerprint density at radius 1 is 1.00 bits per heavy atom. The zero-order chi connectivity index (χ0) is 13.1. The maximum Gasteiger partial charge on any atom is 0.104 e. The second-order valence-corrected chi connectivity index (χ2v) is 4.48. The van der Waals surface area contributed by atoms with Crippen LogP contribution in [0.3, 0.4) is 0 Å². The van der Waals surface area contributed by atoms with E-state index in [0.717, 1.165) is 16.7 Å². The molecular weight excluding hydrogens is 222 g/mol. The Labute approximate surface area is 107 Å². The van der Waals surface area contributed by atoms with Gasteiger partial charge in [-0.1, -0.05) is 30.3 Å². The first-order chi connectivity index (χ1) is 8.61. The highest BCUT2D eigenvalue weighted by Crippen LogP contribution is 2.24. The Morgan fingerprint density at radius 2 is 1.72 bits per heavy atom. The summed E-state index contributed by atoms with van der Waals surface area (Å²) in [5.41, 5.74) is 4.53. The molecule has 2 nitrogen and oxygen atoms in total. The Morgan fingerprint density at radius 3 is 2.39 bits per heavy atom. The van der Waals surface area contributed by atoms with Gasteiger partial charge in [-0.05, 0) is 48.2 Å². The first-order valence-corrected chi connectivity index (χ1v) is 5.87. The molecule has 1 N–H and O–H groups in total. The minimum Gasteiger partial charge on any atom is -0.384 e. The summed E-state index contributed by atoms with van der Waals surface area (Å²) in [6.07, 6.45) is -0.683. The summed E-state index contributed by atoms with van der Waals surface area (Å²) in [6, 6.07) is 15.1. The van der Waals surface area contributed by atoms with E-state index < -0.39 is 6.10 Å². The van der Waals surface area contributed by atoms with E-state index in [1.165, 1.54) is 5.56 Å². The summed E-state index contributed by atoms with van der Waals surface area (Å²) in [4.78, 5) is 0. The Balaban J connectivity index is 2.38. The monoisotopic (exact) mass is 237 g/mol. The SMILES string of the molecule is Cc1ccc(C(O)c2cccc(C#N)c2)cc1C. The van der Waals surface area contributed by atoms with Crippen molar-refractivity contribution >= 4 is 0 Å². The first kappa shape index (κ1) is 12.3. The van der Waals surface area contributed by atoms with Gasteiger partial charge in [-0.3, -0.25) is 0 Å². The van der Waals surface area contributed by atoms with Crippen molar-refractivity contribution in [3.05, 3.63) is 70.3 Å². The molecule has 0 fully saturated rings. The molecule has 1 atom stereocenters. The first-order valence-electron chi connectivity index (χ1n) is 5.87. The maximum atomic E-state index is 10.3. The molecule has 0 heterocycles. The highest BCUT2D eigenvalue weighted by molar-refractivity contribution is 5.39. The lowest BCUT2D eigenvalue weighted by Crippen LogP contribution is -2.00. The largest absolute Gasteiger partial charge is 0.384 e. The minimum absolute atomic E-state index is 0.565. The van der Waals surface area contributed by atoms with E-state index in [-0.39, 0.29) is 0 Å². The third-order valence-corrected chi connectivity index (χ3v) is 3.18. The van der Waals surface area contributed by atoms with E-state index in [0.29, 0.717) is 5.56 Å². The molecule has 2 rings (SSSR count). The molecule has 0 aliphatic carbocycles. The van der Waals surface area contributed by atoms with E-state index >= 15 is 0 Å². The van der Waals surface area contributed by atoms with E-state index in [1.807, 2.05) is 38.1 Å². The summed E-state index contributed by atoms with van der Waals surface area (Å²) >= 11 is 0. The molecule has 2 aromatic rings. The van der Waals surface area contributed by atoms with Gasteiger partial charge in [0.2, 0.25) is 0 Å². The number of aliphatic hydroxyl groups is 1. The molecule has 2 heteroatoms. The predicted octanol–water partition coefficient (Wildman–Crippen LogP) is 3.26.